The van der Waals surface area contributed by atoms with E-state index >= 15 is 0 Å². The summed E-state index contributed by atoms with van der Waals surface area (Å²) in [7, 11) is 0. The van der Waals surface area contributed by atoms with Gasteiger partial charge in [0.25, 0.3) is 0 Å². The summed E-state index contributed by atoms with van der Waals surface area (Å²) >= 11 is 0. The number of ether oxygens (including phenoxy) is 2. The molecule has 19 heavy (non-hydrogen) atoms. The van der Waals surface area contributed by atoms with Gasteiger partial charge in [0.05, 0.1) is 6.61 Å². The van der Waals surface area contributed by atoms with Crippen molar-refractivity contribution in [2.75, 3.05) is 38.6 Å². The molecule has 0 spiro atoms. The number of benzene rings is 1. The van der Waals surface area contributed by atoms with Crippen molar-refractivity contribution in [2.24, 2.45) is 0 Å². The number of nitrogens with two attached hydrogens (primary N) is 1. The Morgan fingerprint density at radius 2 is 2.05 bits per heavy atom. The van der Waals surface area contributed by atoms with Crippen molar-refractivity contribution in [3.63, 3.8) is 0 Å². The highest BCUT2D eigenvalue weighted by Gasteiger charge is 2.11. The SMILES string of the molecule is CCOCc1cc(N)ccc1OCCN1CCCC1. The zero-order valence-electron chi connectivity index (χ0n) is 11.7. The van der Waals surface area contributed by atoms with Gasteiger partial charge in [0.1, 0.15) is 12.4 Å². The maximum Gasteiger partial charge on any atom is 0.125 e. The lowest BCUT2D eigenvalue weighted by Crippen LogP contribution is -2.25. The first kappa shape index (κ1) is 14.2. The monoisotopic (exact) mass is 264 g/mol. The van der Waals surface area contributed by atoms with Gasteiger partial charge in [-0.2, -0.15) is 0 Å². The summed E-state index contributed by atoms with van der Waals surface area (Å²) in [4.78, 5) is 2.44. The molecule has 2 rings (SSSR count). The number of anilines is 1. The highest BCUT2D eigenvalue weighted by Crippen LogP contribution is 2.22. The average molecular weight is 264 g/mol. The van der Waals surface area contributed by atoms with Crippen LogP contribution in [0.4, 0.5) is 5.69 Å². The summed E-state index contributed by atoms with van der Waals surface area (Å²) in [5.41, 5.74) is 7.59. The maximum absolute atomic E-state index is 5.87. The molecule has 1 aliphatic rings. The topological polar surface area (TPSA) is 47.7 Å². The molecule has 0 aliphatic carbocycles. The molecule has 0 unspecified atom stereocenters. The van der Waals surface area contributed by atoms with Crippen LogP contribution >= 0.6 is 0 Å². The molecule has 0 amide bonds. The second-order valence-corrected chi connectivity index (χ2v) is 4.90. The molecular formula is C15H24N2O2. The largest absolute Gasteiger partial charge is 0.492 e. The quantitative estimate of drug-likeness (QED) is 0.768. The van der Waals surface area contributed by atoms with Crippen LogP contribution < -0.4 is 10.5 Å². The van der Waals surface area contributed by atoms with E-state index in [1.165, 1.54) is 25.9 Å². The van der Waals surface area contributed by atoms with Crippen molar-refractivity contribution in [3.8, 4) is 5.75 Å². The second-order valence-electron chi connectivity index (χ2n) is 4.90. The standard InChI is InChI=1S/C15H24N2O2/c1-2-18-12-13-11-14(16)5-6-15(13)19-10-9-17-7-3-4-8-17/h5-6,11H,2-4,7-10,12,16H2,1H3. The van der Waals surface area contributed by atoms with Crippen molar-refractivity contribution in [1.29, 1.82) is 0 Å². The Morgan fingerprint density at radius 1 is 1.26 bits per heavy atom. The molecule has 1 aliphatic heterocycles. The minimum absolute atomic E-state index is 0.556. The fraction of sp³-hybridized carbons (Fsp3) is 0.600. The molecule has 106 valence electrons. The van der Waals surface area contributed by atoms with Gasteiger partial charge in [0, 0.05) is 24.4 Å². The van der Waals surface area contributed by atoms with E-state index in [0.717, 1.165) is 30.2 Å². The number of likely N-dealkylation sites (tertiary alicyclic amines) is 1. The van der Waals surface area contributed by atoms with Crippen LogP contribution in [0.15, 0.2) is 18.2 Å². The Morgan fingerprint density at radius 3 is 2.79 bits per heavy atom. The number of hydrogen-bond acceptors (Lipinski definition) is 4. The molecule has 0 bridgehead atoms. The van der Waals surface area contributed by atoms with E-state index < -0.39 is 0 Å². The molecule has 0 saturated carbocycles. The fourth-order valence-corrected chi connectivity index (χ4v) is 2.36. The molecular weight excluding hydrogens is 240 g/mol. The van der Waals surface area contributed by atoms with Crippen molar-refractivity contribution in [3.05, 3.63) is 23.8 Å². The third-order valence-corrected chi connectivity index (χ3v) is 3.41. The second kappa shape index (κ2) is 7.36. The minimum Gasteiger partial charge on any atom is -0.492 e. The Bertz CT molecular complexity index is 390. The van der Waals surface area contributed by atoms with Gasteiger partial charge in [0.15, 0.2) is 0 Å². The lowest BCUT2D eigenvalue weighted by Gasteiger charge is -2.16. The molecule has 0 radical (unpaired) electrons. The van der Waals surface area contributed by atoms with Gasteiger partial charge in [-0.3, -0.25) is 4.90 Å². The smallest absolute Gasteiger partial charge is 0.125 e. The summed E-state index contributed by atoms with van der Waals surface area (Å²) in [6, 6.07) is 5.75. The molecule has 1 heterocycles. The lowest BCUT2D eigenvalue weighted by atomic mass is 10.2. The summed E-state index contributed by atoms with van der Waals surface area (Å²) in [5.74, 6) is 0.891. The van der Waals surface area contributed by atoms with Crippen LogP contribution in [0.3, 0.4) is 0 Å². The van der Waals surface area contributed by atoms with Crippen molar-refractivity contribution in [1.82, 2.24) is 4.90 Å². The molecule has 0 aromatic heterocycles. The summed E-state index contributed by atoms with van der Waals surface area (Å²) in [6.45, 7) is 7.37. The van der Waals surface area contributed by atoms with E-state index in [9.17, 15) is 0 Å². The van der Waals surface area contributed by atoms with Gasteiger partial charge in [-0.1, -0.05) is 0 Å². The molecule has 2 N–H and O–H groups in total. The van der Waals surface area contributed by atoms with Crippen LogP contribution in [0, 0.1) is 0 Å². The predicted octanol–water partition coefficient (Wildman–Crippen LogP) is 2.28. The number of nitrogens with zero attached hydrogens (tertiary/aromatic N) is 1. The summed E-state index contributed by atoms with van der Waals surface area (Å²) in [6.07, 6.45) is 2.63. The average Bonchev–Trinajstić information content (AvgIpc) is 2.91. The molecule has 1 aromatic carbocycles. The molecule has 4 nitrogen and oxygen atoms in total. The van der Waals surface area contributed by atoms with E-state index in [2.05, 4.69) is 4.90 Å². The van der Waals surface area contributed by atoms with E-state index in [-0.39, 0.29) is 0 Å². The van der Waals surface area contributed by atoms with Gasteiger partial charge in [-0.05, 0) is 51.1 Å². The highest BCUT2D eigenvalue weighted by atomic mass is 16.5. The van der Waals surface area contributed by atoms with E-state index in [0.29, 0.717) is 13.2 Å². The van der Waals surface area contributed by atoms with E-state index in [1.807, 2.05) is 25.1 Å². The zero-order chi connectivity index (χ0) is 13.5. The van der Waals surface area contributed by atoms with Crippen LogP contribution in [0.2, 0.25) is 0 Å². The van der Waals surface area contributed by atoms with E-state index in [4.69, 9.17) is 15.2 Å². The number of rotatable bonds is 7. The van der Waals surface area contributed by atoms with Crippen molar-refractivity contribution >= 4 is 5.69 Å². The first-order valence-corrected chi connectivity index (χ1v) is 7.11. The molecule has 0 atom stereocenters. The van der Waals surface area contributed by atoms with Gasteiger partial charge >= 0.3 is 0 Å². The number of nitrogen functional groups attached to an aromatic ring is 1. The van der Waals surface area contributed by atoms with E-state index in [1.54, 1.807) is 0 Å². The third kappa shape index (κ3) is 4.40. The zero-order valence-corrected chi connectivity index (χ0v) is 11.7. The van der Waals surface area contributed by atoms with Gasteiger partial charge in [-0.15, -0.1) is 0 Å². The third-order valence-electron chi connectivity index (χ3n) is 3.41. The Labute approximate surface area is 115 Å². The normalized spacial score (nSPS) is 15.8. The first-order valence-electron chi connectivity index (χ1n) is 7.11. The van der Waals surface area contributed by atoms with Crippen LogP contribution in [0.1, 0.15) is 25.3 Å². The lowest BCUT2D eigenvalue weighted by molar-refractivity contribution is 0.130. The first-order chi connectivity index (χ1) is 9.29. The Kier molecular flexibility index (Phi) is 5.48. The predicted molar refractivity (Wildman–Crippen MR) is 77.4 cm³/mol. The van der Waals surface area contributed by atoms with Gasteiger partial charge in [-0.25, -0.2) is 0 Å². The molecule has 1 saturated heterocycles. The highest BCUT2D eigenvalue weighted by molar-refractivity contribution is 5.47. The van der Waals surface area contributed by atoms with Crippen LogP contribution in [0.5, 0.6) is 5.75 Å². The van der Waals surface area contributed by atoms with Crippen LogP contribution in [-0.2, 0) is 11.3 Å². The summed E-state index contributed by atoms with van der Waals surface area (Å²) in [5, 5.41) is 0. The molecule has 1 aromatic rings. The summed E-state index contributed by atoms with van der Waals surface area (Å²) < 4.78 is 11.3. The Hall–Kier alpha value is -1.26. The van der Waals surface area contributed by atoms with Crippen molar-refractivity contribution < 1.29 is 9.47 Å². The van der Waals surface area contributed by atoms with Gasteiger partial charge < -0.3 is 15.2 Å². The maximum atomic E-state index is 5.87. The van der Waals surface area contributed by atoms with Crippen molar-refractivity contribution in [2.45, 2.75) is 26.4 Å². The van der Waals surface area contributed by atoms with Gasteiger partial charge in [0.2, 0.25) is 0 Å². The molecule has 4 heteroatoms. The van der Waals surface area contributed by atoms with Crippen LogP contribution in [-0.4, -0.2) is 37.7 Å². The molecule has 1 fully saturated rings. The minimum atomic E-state index is 0.556. The fourth-order valence-electron chi connectivity index (χ4n) is 2.36. The van der Waals surface area contributed by atoms with Crippen LogP contribution in [0.25, 0.3) is 0 Å². The Balaban J connectivity index is 1.86. The number of hydrogen-bond donors (Lipinski definition) is 1.